The summed E-state index contributed by atoms with van der Waals surface area (Å²) < 4.78 is 9.77. The van der Waals surface area contributed by atoms with Gasteiger partial charge in [0.25, 0.3) is 0 Å². The summed E-state index contributed by atoms with van der Waals surface area (Å²) in [6.07, 6.45) is 3.66. The number of rotatable bonds is 9. The van der Waals surface area contributed by atoms with E-state index in [1.54, 1.807) is 6.08 Å². The van der Waals surface area contributed by atoms with Gasteiger partial charge in [0.2, 0.25) is 0 Å². The largest absolute Gasteiger partial charge is 0.469 e. The van der Waals surface area contributed by atoms with E-state index in [-0.39, 0.29) is 12.1 Å². The molecule has 1 aromatic rings. The molecule has 0 saturated carbocycles. The second-order valence-corrected chi connectivity index (χ2v) is 11.3. The van der Waals surface area contributed by atoms with Gasteiger partial charge in [0.15, 0.2) is 0 Å². The highest BCUT2D eigenvalue weighted by Crippen LogP contribution is 2.34. The first-order valence-corrected chi connectivity index (χ1v) is 11.6. The molecule has 0 amide bonds. The van der Waals surface area contributed by atoms with Crippen LogP contribution in [0, 0.1) is 5.92 Å². The molecule has 0 aromatic heterocycles. The van der Waals surface area contributed by atoms with Crippen molar-refractivity contribution < 1.29 is 24.2 Å². The second kappa shape index (κ2) is 10.1. The van der Waals surface area contributed by atoms with Crippen LogP contribution >= 0.6 is 0 Å². The Balaban J connectivity index is 3.13. The van der Waals surface area contributed by atoms with Crippen molar-refractivity contribution in [2.45, 2.75) is 31.7 Å². The molecule has 5 nitrogen and oxygen atoms in total. The summed E-state index contributed by atoms with van der Waals surface area (Å²) in [7, 11) is -0.870. The lowest BCUT2D eigenvalue weighted by Crippen LogP contribution is -2.51. The number of carbonyl (C=O) groups excluding carboxylic acids is 2. The number of hydrogen-bond acceptors (Lipinski definition) is 5. The van der Waals surface area contributed by atoms with Crippen molar-refractivity contribution in [2.24, 2.45) is 5.92 Å². The van der Waals surface area contributed by atoms with E-state index in [0.717, 1.165) is 5.19 Å². The summed E-state index contributed by atoms with van der Waals surface area (Å²) in [6.45, 7) is 9.54. The molecule has 0 radical (unpaired) electrons. The predicted molar refractivity (Wildman–Crippen MR) is 105 cm³/mol. The average molecular weight is 377 g/mol. The van der Waals surface area contributed by atoms with E-state index in [1.807, 2.05) is 30.3 Å². The Hall–Kier alpha value is -2.18. The number of hydrogen-bond donors (Lipinski definition) is 1. The van der Waals surface area contributed by atoms with Crippen LogP contribution in [0.15, 0.2) is 55.1 Å². The molecule has 0 saturated heterocycles. The van der Waals surface area contributed by atoms with Crippen molar-refractivity contribution >= 4 is 25.2 Å². The van der Waals surface area contributed by atoms with Crippen LogP contribution in [0.1, 0.15) is 6.92 Å². The maximum Gasteiger partial charge on any atom is 0.311 e. The molecule has 0 heterocycles. The first-order valence-electron chi connectivity index (χ1n) is 8.49. The van der Waals surface area contributed by atoms with E-state index in [4.69, 9.17) is 9.47 Å². The maximum atomic E-state index is 12.4. The summed E-state index contributed by atoms with van der Waals surface area (Å²) in [6, 6.07) is 9.96. The van der Waals surface area contributed by atoms with E-state index < -0.39 is 32.0 Å². The average Bonchev–Trinajstić information content (AvgIpc) is 2.62. The fourth-order valence-corrected chi connectivity index (χ4v) is 6.32. The van der Waals surface area contributed by atoms with Gasteiger partial charge in [-0.15, -0.1) is 6.58 Å². The zero-order valence-electron chi connectivity index (χ0n) is 15.8. The molecule has 0 bridgehead atoms. The van der Waals surface area contributed by atoms with Crippen LogP contribution in [-0.4, -0.2) is 44.9 Å². The molecule has 142 valence electrons. The van der Waals surface area contributed by atoms with Crippen LogP contribution in [0.4, 0.5) is 0 Å². The van der Waals surface area contributed by atoms with E-state index in [9.17, 15) is 14.7 Å². The molecule has 1 rings (SSSR count). The van der Waals surface area contributed by atoms with Crippen LogP contribution in [0.3, 0.4) is 0 Å². The summed E-state index contributed by atoms with van der Waals surface area (Å²) in [5.41, 5.74) is -0.245. The summed E-state index contributed by atoms with van der Waals surface area (Å²) in [4.78, 5) is 23.3. The molecule has 1 aromatic carbocycles. The van der Waals surface area contributed by atoms with E-state index in [2.05, 4.69) is 19.7 Å². The summed E-state index contributed by atoms with van der Waals surface area (Å²) in [5, 5.41) is 11.8. The van der Waals surface area contributed by atoms with Gasteiger partial charge in [0, 0.05) is 6.92 Å². The van der Waals surface area contributed by atoms with Crippen LogP contribution in [0.2, 0.25) is 18.6 Å². The van der Waals surface area contributed by atoms with Gasteiger partial charge in [0.05, 0.1) is 27.2 Å². The zero-order chi connectivity index (χ0) is 19.7. The number of benzene rings is 1. The molecular formula is C20H28O5Si. The zero-order valence-corrected chi connectivity index (χ0v) is 16.8. The molecule has 0 aliphatic carbocycles. The molecule has 3 atom stereocenters. The van der Waals surface area contributed by atoms with Crippen LogP contribution in [-0.2, 0) is 19.1 Å². The van der Waals surface area contributed by atoms with Crippen LogP contribution < -0.4 is 5.19 Å². The normalized spacial score (nSPS) is 15.1. The smallest absolute Gasteiger partial charge is 0.311 e. The van der Waals surface area contributed by atoms with Gasteiger partial charge in [-0.1, -0.05) is 60.8 Å². The van der Waals surface area contributed by atoms with Gasteiger partial charge in [0.1, 0.15) is 6.61 Å². The minimum Gasteiger partial charge on any atom is -0.469 e. The Morgan fingerprint density at radius 3 is 2.38 bits per heavy atom. The molecule has 0 spiro atoms. The fraction of sp³-hybridized carbons (Fsp3) is 0.400. The highest BCUT2D eigenvalue weighted by Gasteiger charge is 2.43. The molecule has 0 fully saturated rings. The van der Waals surface area contributed by atoms with Crippen molar-refractivity contribution in [3.8, 4) is 0 Å². The first kappa shape index (κ1) is 21.9. The van der Waals surface area contributed by atoms with Crippen LogP contribution in [0.25, 0.3) is 0 Å². The Morgan fingerprint density at radius 2 is 1.88 bits per heavy atom. The third kappa shape index (κ3) is 5.67. The number of methoxy groups -OCH3 is 1. The minimum absolute atomic E-state index is 0.0402. The molecular weight excluding hydrogens is 348 g/mol. The number of allylic oxidation sites excluding steroid dienone is 1. The summed E-state index contributed by atoms with van der Waals surface area (Å²) >= 11 is 0. The molecule has 0 unspecified atom stereocenters. The van der Waals surface area contributed by atoms with Gasteiger partial charge in [-0.25, -0.2) is 0 Å². The lowest BCUT2D eigenvalue weighted by Gasteiger charge is -2.36. The molecule has 0 aliphatic heterocycles. The van der Waals surface area contributed by atoms with Crippen molar-refractivity contribution in [1.29, 1.82) is 0 Å². The maximum absolute atomic E-state index is 12.4. The van der Waals surface area contributed by atoms with Crippen molar-refractivity contribution in [3.63, 3.8) is 0 Å². The van der Waals surface area contributed by atoms with E-state index in [0.29, 0.717) is 0 Å². The fourth-order valence-electron chi connectivity index (χ4n) is 3.06. The Morgan fingerprint density at radius 1 is 1.27 bits per heavy atom. The van der Waals surface area contributed by atoms with Gasteiger partial charge < -0.3 is 14.6 Å². The van der Waals surface area contributed by atoms with Crippen LogP contribution in [0.5, 0.6) is 0 Å². The minimum atomic E-state index is -2.18. The topological polar surface area (TPSA) is 72.8 Å². The number of carbonyl (C=O) groups is 2. The van der Waals surface area contributed by atoms with E-state index in [1.165, 1.54) is 26.2 Å². The SMILES string of the molecule is C=C[C@H]([C@H](C(=O)OC)[C@H](O)/C=C/COC(C)=O)[Si](C)(C)c1ccccc1. The second-order valence-electron chi connectivity index (χ2n) is 6.62. The summed E-state index contributed by atoms with van der Waals surface area (Å²) in [5.74, 6) is -1.68. The van der Waals surface area contributed by atoms with Gasteiger partial charge in [-0.3, -0.25) is 9.59 Å². The Bertz CT molecular complexity index is 639. The van der Waals surface area contributed by atoms with Crippen molar-refractivity contribution in [2.75, 3.05) is 13.7 Å². The van der Waals surface area contributed by atoms with Gasteiger partial charge in [-0.05, 0) is 11.6 Å². The standard InChI is InChI=1S/C20H28O5Si/c1-6-18(26(4,5)16-11-8-7-9-12-16)19(20(23)24-3)17(22)13-10-14-25-15(2)21/h6-13,17-19,22H,1,14H2,2-5H3/b13-10+/t17-,18-,19-/m1/s1. The molecule has 0 aliphatic rings. The van der Waals surface area contributed by atoms with Crippen molar-refractivity contribution in [1.82, 2.24) is 0 Å². The molecule has 1 N–H and O–H groups in total. The first-order chi connectivity index (χ1) is 12.3. The van der Waals surface area contributed by atoms with Gasteiger partial charge in [-0.2, -0.15) is 0 Å². The Kier molecular flexibility index (Phi) is 8.48. The third-order valence-electron chi connectivity index (χ3n) is 4.55. The number of aliphatic hydroxyl groups is 1. The Labute approximate surface area is 156 Å². The highest BCUT2D eigenvalue weighted by molar-refractivity contribution is 6.91. The quantitative estimate of drug-likeness (QED) is 0.407. The number of esters is 2. The predicted octanol–water partition coefficient (Wildman–Crippen LogP) is 2.43. The monoisotopic (exact) mass is 376 g/mol. The molecule has 6 heteroatoms. The third-order valence-corrected chi connectivity index (χ3v) is 8.63. The molecule has 26 heavy (non-hydrogen) atoms. The highest BCUT2D eigenvalue weighted by atomic mass is 28.3. The lowest BCUT2D eigenvalue weighted by atomic mass is 9.97. The van der Waals surface area contributed by atoms with Crippen molar-refractivity contribution in [3.05, 3.63) is 55.1 Å². The number of aliphatic hydroxyl groups excluding tert-OH is 1. The number of ether oxygens (including phenoxy) is 2. The van der Waals surface area contributed by atoms with E-state index >= 15 is 0 Å². The van der Waals surface area contributed by atoms with Gasteiger partial charge >= 0.3 is 11.9 Å². The lowest BCUT2D eigenvalue weighted by molar-refractivity contribution is -0.148.